The standard InChI is InChI=1S/C35H44O4/c1-23(38-32(36)24-10-6-4-7-11-24)29-16-17-30-28-15-14-26-22-27(39-33(37)25-12-8-5-9-13-25)18-20-34(26,2)31(28)19-21-35(29,30)3/h4-13,23,26-31H,14-22H2,1-3H3/t23?,26-,27?,28?,29?,30?,31?,34?,35?/m0/s1. The molecule has 0 saturated heterocycles. The molecular formula is C35H44O4. The van der Waals surface area contributed by atoms with Gasteiger partial charge in [-0.2, -0.15) is 0 Å². The first-order valence-electron chi connectivity index (χ1n) is 15.3. The van der Waals surface area contributed by atoms with E-state index in [1.807, 2.05) is 60.7 Å². The minimum atomic E-state index is -0.193. The lowest BCUT2D eigenvalue weighted by Gasteiger charge is -2.61. The molecule has 6 rings (SSSR count). The highest BCUT2D eigenvalue weighted by Crippen LogP contribution is 2.68. The predicted octanol–water partition coefficient (Wildman–Crippen LogP) is 8.12. The highest BCUT2D eigenvalue weighted by molar-refractivity contribution is 5.89. The summed E-state index contributed by atoms with van der Waals surface area (Å²) in [5.41, 5.74) is 1.87. The topological polar surface area (TPSA) is 52.6 Å². The fourth-order valence-corrected chi connectivity index (χ4v) is 9.82. The van der Waals surface area contributed by atoms with Crippen LogP contribution in [0.25, 0.3) is 0 Å². The van der Waals surface area contributed by atoms with Crippen LogP contribution < -0.4 is 0 Å². The van der Waals surface area contributed by atoms with E-state index in [1.165, 1.54) is 32.1 Å². The number of carbonyl (C=O) groups is 2. The molecule has 2 aromatic carbocycles. The van der Waals surface area contributed by atoms with Crippen LogP contribution in [-0.2, 0) is 9.47 Å². The van der Waals surface area contributed by atoms with Crippen LogP contribution in [0.5, 0.6) is 0 Å². The first-order valence-corrected chi connectivity index (χ1v) is 15.3. The molecule has 4 aliphatic carbocycles. The fourth-order valence-electron chi connectivity index (χ4n) is 9.82. The third-order valence-corrected chi connectivity index (χ3v) is 11.8. The zero-order chi connectivity index (χ0) is 27.2. The van der Waals surface area contributed by atoms with Crippen molar-refractivity contribution in [2.75, 3.05) is 0 Å². The number of rotatable bonds is 5. The molecule has 0 radical (unpaired) electrons. The van der Waals surface area contributed by atoms with Crippen molar-refractivity contribution < 1.29 is 19.1 Å². The second kappa shape index (κ2) is 10.4. The molecule has 0 aromatic heterocycles. The molecule has 4 nitrogen and oxygen atoms in total. The quantitative estimate of drug-likeness (QED) is 0.368. The fraction of sp³-hybridized carbons (Fsp3) is 0.600. The monoisotopic (exact) mass is 528 g/mol. The Balaban J connectivity index is 1.11. The minimum absolute atomic E-state index is 0.0391. The molecule has 2 aromatic rings. The summed E-state index contributed by atoms with van der Waals surface area (Å²) in [7, 11) is 0. The van der Waals surface area contributed by atoms with Crippen LogP contribution in [0.3, 0.4) is 0 Å². The molecule has 4 aliphatic rings. The van der Waals surface area contributed by atoms with Gasteiger partial charge in [0.15, 0.2) is 0 Å². The molecule has 0 amide bonds. The van der Waals surface area contributed by atoms with E-state index in [-0.39, 0.29) is 29.6 Å². The molecule has 4 heteroatoms. The summed E-state index contributed by atoms with van der Waals surface area (Å²) in [5.74, 6) is 2.91. The largest absolute Gasteiger partial charge is 0.459 e. The zero-order valence-electron chi connectivity index (χ0n) is 23.8. The Hall–Kier alpha value is -2.62. The van der Waals surface area contributed by atoms with Crippen molar-refractivity contribution in [3.05, 3.63) is 71.8 Å². The van der Waals surface area contributed by atoms with E-state index in [2.05, 4.69) is 20.8 Å². The summed E-state index contributed by atoms with van der Waals surface area (Å²) >= 11 is 0. The van der Waals surface area contributed by atoms with Crippen molar-refractivity contribution in [3.63, 3.8) is 0 Å². The summed E-state index contributed by atoms with van der Waals surface area (Å²) in [6.45, 7) is 7.19. The Morgan fingerprint density at radius 1 is 0.744 bits per heavy atom. The van der Waals surface area contributed by atoms with Gasteiger partial charge in [0.2, 0.25) is 0 Å². The lowest BCUT2D eigenvalue weighted by molar-refractivity contribution is -0.133. The smallest absolute Gasteiger partial charge is 0.338 e. The summed E-state index contributed by atoms with van der Waals surface area (Å²) in [6.07, 6.45) is 10.6. The van der Waals surface area contributed by atoms with E-state index < -0.39 is 0 Å². The van der Waals surface area contributed by atoms with E-state index in [9.17, 15) is 9.59 Å². The van der Waals surface area contributed by atoms with Crippen molar-refractivity contribution in [1.82, 2.24) is 0 Å². The number of carbonyl (C=O) groups excluding carboxylic acids is 2. The Morgan fingerprint density at radius 2 is 1.36 bits per heavy atom. The highest BCUT2D eigenvalue weighted by atomic mass is 16.5. The van der Waals surface area contributed by atoms with Gasteiger partial charge in [0, 0.05) is 5.92 Å². The molecule has 8 unspecified atom stereocenters. The Kier molecular flexibility index (Phi) is 7.10. The van der Waals surface area contributed by atoms with Gasteiger partial charge in [0.25, 0.3) is 0 Å². The van der Waals surface area contributed by atoms with E-state index in [4.69, 9.17) is 9.47 Å². The van der Waals surface area contributed by atoms with Gasteiger partial charge in [0.05, 0.1) is 11.1 Å². The number of benzene rings is 2. The van der Waals surface area contributed by atoms with Gasteiger partial charge in [0.1, 0.15) is 12.2 Å². The third-order valence-electron chi connectivity index (χ3n) is 11.8. The van der Waals surface area contributed by atoms with Crippen molar-refractivity contribution in [3.8, 4) is 0 Å². The molecule has 0 N–H and O–H groups in total. The summed E-state index contributed by atoms with van der Waals surface area (Å²) in [5, 5.41) is 0. The average Bonchev–Trinajstić information content (AvgIpc) is 3.31. The van der Waals surface area contributed by atoms with E-state index >= 15 is 0 Å². The molecule has 0 aliphatic heterocycles. The van der Waals surface area contributed by atoms with Crippen molar-refractivity contribution >= 4 is 11.9 Å². The molecule has 0 bridgehead atoms. The van der Waals surface area contributed by atoms with Gasteiger partial charge in [-0.15, -0.1) is 0 Å². The van der Waals surface area contributed by atoms with Crippen LogP contribution >= 0.6 is 0 Å². The maximum absolute atomic E-state index is 12.8. The van der Waals surface area contributed by atoms with Gasteiger partial charge in [-0.1, -0.05) is 50.2 Å². The van der Waals surface area contributed by atoms with E-state index in [1.54, 1.807) is 0 Å². The lowest BCUT2D eigenvalue weighted by atomic mass is 9.44. The Morgan fingerprint density at radius 3 is 2.05 bits per heavy atom. The molecule has 4 saturated carbocycles. The summed E-state index contributed by atoms with van der Waals surface area (Å²) in [4.78, 5) is 25.5. The van der Waals surface area contributed by atoms with Crippen LogP contribution in [0.4, 0.5) is 0 Å². The molecule has 9 atom stereocenters. The second-order valence-electron chi connectivity index (χ2n) is 13.5. The summed E-state index contributed by atoms with van der Waals surface area (Å²) in [6, 6.07) is 18.8. The molecule has 208 valence electrons. The van der Waals surface area contributed by atoms with Crippen LogP contribution in [-0.4, -0.2) is 24.1 Å². The number of fused-ring (bicyclic) bond motifs is 5. The van der Waals surface area contributed by atoms with Gasteiger partial charge < -0.3 is 9.47 Å². The third kappa shape index (κ3) is 4.72. The Bertz CT molecular complexity index is 1180. The van der Waals surface area contributed by atoms with Crippen molar-refractivity contribution in [2.24, 2.45) is 40.4 Å². The van der Waals surface area contributed by atoms with Gasteiger partial charge >= 0.3 is 11.9 Å². The van der Waals surface area contributed by atoms with Gasteiger partial charge in [-0.25, -0.2) is 9.59 Å². The zero-order valence-corrected chi connectivity index (χ0v) is 23.8. The lowest BCUT2D eigenvalue weighted by Crippen LogP contribution is -2.54. The number of hydrogen-bond acceptors (Lipinski definition) is 4. The van der Waals surface area contributed by atoms with Crippen molar-refractivity contribution in [2.45, 2.75) is 90.8 Å². The van der Waals surface area contributed by atoms with Crippen LogP contribution in [0.1, 0.15) is 99.3 Å². The van der Waals surface area contributed by atoms with Crippen molar-refractivity contribution in [1.29, 1.82) is 0 Å². The molecule has 4 fully saturated rings. The number of esters is 2. The first-order chi connectivity index (χ1) is 18.8. The van der Waals surface area contributed by atoms with Crippen LogP contribution in [0, 0.1) is 40.4 Å². The van der Waals surface area contributed by atoms with Gasteiger partial charge in [-0.3, -0.25) is 0 Å². The Labute approximate surface area is 233 Å². The summed E-state index contributed by atoms with van der Waals surface area (Å²) < 4.78 is 12.1. The highest BCUT2D eigenvalue weighted by Gasteiger charge is 2.61. The van der Waals surface area contributed by atoms with E-state index in [0.717, 1.165) is 37.5 Å². The number of hydrogen-bond donors (Lipinski definition) is 0. The average molecular weight is 529 g/mol. The number of ether oxygens (including phenoxy) is 2. The predicted molar refractivity (Wildman–Crippen MR) is 152 cm³/mol. The molecule has 39 heavy (non-hydrogen) atoms. The second-order valence-corrected chi connectivity index (χ2v) is 13.5. The minimum Gasteiger partial charge on any atom is -0.459 e. The molecular weight excluding hydrogens is 484 g/mol. The SMILES string of the molecule is CC(OC(=O)c1ccccc1)C1CCC2C3CC[C@H]4CC(OC(=O)c5ccccc5)CCC4(C)C3CCC12C. The van der Waals surface area contributed by atoms with E-state index in [0.29, 0.717) is 34.3 Å². The molecule has 0 heterocycles. The normalized spacial score (nSPS) is 38.0. The maximum atomic E-state index is 12.8. The maximum Gasteiger partial charge on any atom is 0.338 e. The van der Waals surface area contributed by atoms with Crippen LogP contribution in [0.15, 0.2) is 60.7 Å². The van der Waals surface area contributed by atoms with Gasteiger partial charge in [-0.05, 0) is 123 Å². The van der Waals surface area contributed by atoms with Crippen LogP contribution in [0.2, 0.25) is 0 Å². The first kappa shape index (κ1) is 26.6. The molecule has 0 spiro atoms.